The molecule has 0 bridgehead atoms. The van der Waals surface area contributed by atoms with Gasteiger partial charge >= 0.3 is 0 Å². The van der Waals surface area contributed by atoms with Crippen LogP contribution >= 0.6 is 24.8 Å². The van der Waals surface area contributed by atoms with E-state index in [4.69, 9.17) is 0 Å². The second-order valence-corrected chi connectivity index (χ2v) is 6.39. The van der Waals surface area contributed by atoms with Gasteiger partial charge in [0.05, 0.1) is 0 Å². The molecule has 7 nitrogen and oxygen atoms in total. The van der Waals surface area contributed by atoms with Crippen LogP contribution in [0, 0.1) is 0 Å². The first-order chi connectivity index (χ1) is 12.2. The highest BCUT2D eigenvalue weighted by molar-refractivity contribution is 6.14. The molecular formula is C18H24Cl2N6O. The molecule has 2 N–H and O–H groups in total. The van der Waals surface area contributed by atoms with Crippen molar-refractivity contribution in [1.29, 1.82) is 0 Å². The molecule has 27 heavy (non-hydrogen) atoms. The predicted octanol–water partition coefficient (Wildman–Crippen LogP) is 2.26. The molecule has 2 aromatic rings. The summed E-state index contributed by atoms with van der Waals surface area (Å²) in [5, 5.41) is 3.89. The summed E-state index contributed by atoms with van der Waals surface area (Å²) in [4.78, 5) is 28.8. The Bertz CT molecular complexity index is 854. The van der Waals surface area contributed by atoms with E-state index in [2.05, 4.69) is 37.0 Å². The minimum absolute atomic E-state index is 0. The summed E-state index contributed by atoms with van der Waals surface area (Å²) in [6.07, 6.45) is 6.59. The van der Waals surface area contributed by atoms with Crippen LogP contribution in [0.5, 0.6) is 0 Å². The number of aromatic amines is 1. The molecule has 0 saturated carbocycles. The van der Waals surface area contributed by atoms with E-state index in [0.717, 1.165) is 49.3 Å². The van der Waals surface area contributed by atoms with Gasteiger partial charge in [0.2, 0.25) is 5.96 Å². The normalized spacial score (nSPS) is 18.9. The first kappa shape index (κ1) is 21.2. The number of H-pyrrole nitrogens is 1. The molecule has 0 aromatic carbocycles. The van der Waals surface area contributed by atoms with Crippen molar-refractivity contribution >= 4 is 53.8 Å². The Morgan fingerprint density at radius 2 is 2.00 bits per heavy atom. The summed E-state index contributed by atoms with van der Waals surface area (Å²) < 4.78 is 0. The largest absolute Gasteiger partial charge is 0.346 e. The fourth-order valence-corrected chi connectivity index (χ4v) is 3.35. The zero-order chi connectivity index (χ0) is 17.2. The fraction of sp³-hybridized carbons (Fsp3) is 0.389. The number of carbonyl (C=O) groups is 1. The van der Waals surface area contributed by atoms with Crippen molar-refractivity contribution in [3.8, 4) is 0 Å². The minimum atomic E-state index is -0.149. The van der Waals surface area contributed by atoms with Gasteiger partial charge in [-0.1, -0.05) is 6.92 Å². The van der Waals surface area contributed by atoms with Crippen molar-refractivity contribution in [3.05, 3.63) is 35.8 Å². The summed E-state index contributed by atoms with van der Waals surface area (Å²) in [6.45, 7) is 7.13. The molecule has 2 aliphatic rings. The second kappa shape index (κ2) is 9.21. The monoisotopic (exact) mass is 410 g/mol. The third-order valence-electron chi connectivity index (χ3n) is 4.67. The van der Waals surface area contributed by atoms with E-state index in [1.165, 1.54) is 6.42 Å². The Morgan fingerprint density at radius 3 is 2.74 bits per heavy atom. The van der Waals surface area contributed by atoms with Gasteiger partial charge < -0.3 is 9.88 Å². The molecule has 0 atom stereocenters. The maximum atomic E-state index is 12.3. The Balaban J connectivity index is 0.00000131. The van der Waals surface area contributed by atoms with Crippen LogP contribution in [0.1, 0.15) is 18.9 Å². The maximum Gasteiger partial charge on any atom is 0.276 e. The topological polar surface area (TPSA) is 76.6 Å². The Morgan fingerprint density at radius 1 is 1.22 bits per heavy atom. The van der Waals surface area contributed by atoms with Crippen LogP contribution in [0.2, 0.25) is 0 Å². The summed E-state index contributed by atoms with van der Waals surface area (Å²) in [7, 11) is 0. The molecule has 1 fully saturated rings. The van der Waals surface area contributed by atoms with E-state index in [1.54, 1.807) is 6.20 Å². The molecule has 9 heteroatoms. The van der Waals surface area contributed by atoms with Crippen LogP contribution in [0.15, 0.2) is 35.2 Å². The first-order valence-corrected chi connectivity index (χ1v) is 8.76. The number of hydrogen-bond donors (Lipinski definition) is 2. The number of fused-ring (bicyclic) bond motifs is 1. The number of guanidine groups is 1. The van der Waals surface area contributed by atoms with E-state index < -0.39 is 0 Å². The van der Waals surface area contributed by atoms with Crippen LogP contribution in [0.25, 0.3) is 17.1 Å². The zero-order valence-corrected chi connectivity index (χ0v) is 16.8. The summed E-state index contributed by atoms with van der Waals surface area (Å²) in [5.74, 6) is 0.523. The number of aromatic nitrogens is 2. The van der Waals surface area contributed by atoms with Crippen molar-refractivity contribution < 1.29 is 4.79 Å². The van der Waals surface area contributed by atoms with Gasteiger partial charge in [0.1, 0.15) is 11.3 Å². The third kappa shape index (κ3) is 4.43. The minimum Gasteiger partial charge on any atom is -0.346 e. The number of nitrogens with zero attached hydrogens (tertiary/aromatic N) is 4. The highest BCUT2D eigenvalue weighted by Gasteiger charge is 2.27. The molecule has 146 valence electrons. The van der Waals surface area contributed by atoms with Crippen molar-refractivity contribution in [2.75, 3.05) is 32.7 Å². The third-order valence-corrected chi connectivity index (χ3v) is 4.67. The van der Waals surface area contributed by atoms with Crippen LogP contribution < -0.4 is 5.32 Å². The molecule has 0 aliphatic carbocycles. The van der Waals surface area contributed by atoms with Gasteiger partial charge in [0.15, 0.2) is 0 Å². The lowest BCUT2D eigenvalue weighted by Crippen LogP contribution is -2.51. The van der Waals surface area contributed by atoms with Crippen molar-refractivity contribution in [2.45, 2.75) is 13.3 Å². The van der Waals surface area contributed by atoms with E-state index in [-0.39, 0.29) is 30.7 Å². The van der Waals surface area contributed by atoms with Crippen LogP contribution in [-0.2, 0) is 4.79 Å². The van der Waals surface area contributed by atoms with Crippen molar-refractivity contribution in [1.82, 2.24) is 25.1 Å². The first-order valence-electron chi connectivity index (χ1n) is 8.76. The van der Waals surface area contributed by atoms with Gasteiger partial charge in [-0.15, -0.1) is 24.8 Å². The molecule has 2 aliphatic heterocycles. The number of aliphatic imine (C=N–C) groups is 1. The molecule has 1 saturated heterocycles. The highest BCUT2D eigenvalue weighted by Crippen LogP contribution is 2.21. The lowest BCUT2D eigenvalue weighted by molar-refractivity contribution is -0.115. The zero-order valence-electron chi connectivity index (χ0n) is 15.1. The Hall–Kier alpha value is -2.09. The Labute approximate surface area is 170 Å². The number of pyridine rings is 1. The van der Waals surface area contributed by atoms with Crippen LogP contribution in [-0.4, -0.2) is 64.4 Å². The van der Waals surface area contributed by atoms with E-state index in [1.807, 2.05) is 24.4 Å². The number of rotatable bonds is 3. The number of halogens is 2. The quantitative estimate of drug-likeness (QED) is 0.760. The predicted molar refractivity (Wildman–Crippen MR) is 112 cm³/mol. The summed E-state index contributed by atoms with van der Waals surface area (Å²) >= 11 is 0. The van der Waals surface area contributed by atoms with Gasteiger partial charge in [-0.2, -0.15) is 0 Å². The average molecular weight is 411 g/mol. The number of piperazine rings is 1. The molecule has 4 rings (SSSR count). The SMILES string of the molecule is CCCN1CCN(C2=N/C(=C\c3c[nH]c4ncccc34)C(=O)N2)CC1.Cl.Cl. The molecule has 2 aromatic heterocycles. The van der Waals surface area contributed by atoms with E-state index >= 15 is 0 Å². The average Bonchev–Trinajstić information content (AvgIpc) is 3.21. The molecule has 1 amide bonds. The van der Waals surface area contributed by atoms with E-state index in [9.17, 15) is 4.79 Å². The van der Waals surface area contributed by atoms with Gasteiger partial charge in [-0.05, 0) is 31.2 Å². The summed E-state index contributed by atoms with van der Waals surface area (Å²) in [5.41, 5.74) is 2.17. The van der Waals surface area contributed by atoms with Gasteiger partial charge in [-0.3, -0.25) is 15.0 Å². The van der Waals surface area contributed by atoms with Crippen molar-refractivity contribution in [2.24, 2.45) is 4.99 Å². The molecule has 0 unspecified atom stereocenters. The second-order valence-electron chi connectivity index (χ2n) is 6.39. The lowest BCUT2D eigenvalue weighted by Gasteiger charge is -2.35. The smallest absolute Gasteiger partial charge is 0.276 e. The Kier molecular flexibility index (Phi) is 7.24. The highest BCUT2D eigenvalue weighted by atomic mass is 35.5. The molecule has 0 radical (unpaired) electrons. The maximum absolute atomic E-state index is 12.3. The summed E-state index contributed by atoms with van der Waals surface area (Å²) in [6, 6.07) is 3.87. The number of amides is 1. The number of carbonyl (C=O) groups excluding carboxylic acids is 1. The molecule has 0 spiro atoms. The van der Waals surface area contributed by atoms with E-state index in [0.29, 0.717) is 11.7 Å². The van der Waals surface area contributed by atoms with Gasteiger partial charge in [0, 0.05) is 49.5 Å². The molecule has 4 heterocycles. The number of hydrogen-bond acceptors (Lipinski definition) is 5. The van der Waals surface area contributed by atoms with Gasteiger partial charge in [0.25, 0.3) is 5.91 Å². The standard InChI is InChI=1S/C18H22N6O.2ClH/c1-2-6-23-7-9-24(10-8-23)18-21-15(17(25)22-18)11-13-12-20-16-14(13)4-3-5-19-16;;/h3-5,11-12H,2,6-10H2,1H3,(H,19,20)(H,21,22,25);2*1H/b15-11-;;. The van der Waals surface area contributed by atoms with Crippen LogP contribution in [0.4, 0.5) is 0 Å². The lowest BCUT2D eigenvalue weighted by atomic mass is 10.2. The molecular weight excluding hydrogens is 387 g/mol. The van der Waals surface area contributed by atoms with Crippen LogP contribution in [0.3, 0.4) is 0 Å². The van der Waals surface area contributed by atoms with Gasteiger partial charge in [-0.25, -0.2) is 9.98 Å². The fourth-order valence-electron chi connectivity index (χ4n) is 3.35. The van der Waals surface area contributed by atoms with Crippen molar-refractivity contribution in [3.63, 3.8) is 0 Å². The number of nitrogens with one attached hydrogen (secondary N) is 2.